The number of hydrogen-bond donors (Lipinski definition) is 1. The van der Waals surface area contributed by atoms with Crippen LogP contribution in [0.3, 0.4) is 0 Å². The zero-order valence-electron chi connectivity index (χ0n) is 9.82. The molecule has 0 unspecified atom stereocenters. The molecule has 0 saturated carbocycles. The highest BCUT2D eigenvalue weighted by atomic mass is 35.5. The Morgan fingerprint density at radius 2 is 1.94 bits per heavy atom. The van der Waals surface area contributed by atoms with E-state index in [1.54, 1.807) is 0 Å². The molecule has 1 aromatic rings. The summed E-state index contributed by atoms with van der Waals surface area (Å²) in [6, 6.07) is 2.86. The molecule has 7 heteroatoms. The molecule has 0 fully saturated rings. The van der Waals surface area contributed by atoms with Crippen LogP contribution in [0.1, 0.15) is 19.4 Å². The molecule has 1 aromatic carbocycles. The molecule has 0 spiro atoms. The number of hydrogen-bond acceptors (Lipinski definition) is 3. The lowest BCUT2D eigenvalue weighted by Gasteiger charge is -2.16. The Balaban J connectivity index is 3.33. The van der Waals surface area contributed by atoms with Crippen molar-refractivity contribution < 1.29 is 22.3 Å². The van der Waals surface area contributed by atoms with Crippen molar-refractivity contribution in [1.29, 1.82) is 0 Å². The first-order valence-electron chi connectivity index (χ1n) is 5.15. The Morgan fingerprint density at radius 3 is 2.33 bits per heavy atom. The topological polar surface area (TPSA) is 54.4 Å². The Bertz CT molecular complexity index is 541. The molecule has 0 bridgehead atoms. The lowest BCUT2D eigenvalue weighted by atomic mass is 10.1. The summed E-state index contributed by atoms with van der Waals surface area (Å²) >= 11 is 5.73. The van der Waals surface area contributed by atoms with E-state index in [9.17, 15) is 17.2 Å². The van der Waals surface area contributed by atoms with Gasteiger partial charge in [0.1, 0.15) is 6.61 Å². The van der Waals surface area contributed by atoms with Crippen molar-refractivity contribution in [2.45, 2.75) is 29.9 Å². The van der Waals surface area contributed by atoms with Crippen molar-refractivity contribution in [2.24, 2.45) is 0 Å². The highest BCUT2D eigenvalue weighted by Crippen LogP contribution is 2.33. The van der Waals surface area contributed by atoms with Crippen molar-refractivity contribution >= 4 is 21.4 Å². The van der Waals surface area contributed by atoms with Gasteiger partial charge < -0.3 is 5.11 Å². The van der Waals surface area contributed by atoms with Crippen LogP contribution in [0.2, 0.25) is 5.02 Å². The van der Waals surface area contributed by atoms with Crippen LogP contribution in [0, 0.1) is 0 Å². The quantitative estimate of drug-likeness (QED) is 0.929. The Labute approximate surface area is 109 Å². The SMILES string of the molecule is CC(C)S(=O)(=O)c1ccc(C(F)(F)CO)cc1Cl. The smallest absolute Gasteiger partial charge is 0.295 e. The summed E-state index contributed by atoms with van der Waals surface area (Å²) in [5.74, 6) is -3.44. The Hall–Kier alpha value is -0.720. The summed E-state index contributed by atoms with van der Waals surface area (Å²) in [5, 5.41) is 7.58. The standard InChI is InChI=1S/C11H13ClF2O3S/c1-7(2)18(16,17)10-4-3-8(5-9(10)12)11(13,14)6-15/h3-5,7,15H,6H2,1-2H3. The summed E-state index contributed by atoms with van der Waals surface area (Å²) < 4.78 is 50.1. The molecule has 0 aromatic heterocycles. The van der Waals surface area contributed by atoms with Crippen LogP contribution in [-0.4, -0.2) is 25.4 Å². The number of alkyl halides is 2. The van der Waals surface area contributed by atoms with Crippen molar-refractivity contribution in [2.75, 3.05) is 6.61 Å². The van der Waals surface area contributed by atoms with Gasteiger partial charge in [0.05, 0.1) is 15.2 Å². The van der Waals surface area contributed by atoms with Gasteiger partial charge in [-0.15, -0.1) is 0 Å². The molecule has 18 heavy (non-hydrogen) atoms. The number of benzene rings is 1. The third kappa shape index (κ3) is 2.81. The van der Waals surface area contributed by atoms with Gasteiger partial charge in [-0.2, -0.15) is 8.78 Å². The van der Waals surface area contributed by atoms with Gasteiger partial charge in [0.15, 0.2) is 9.84 Å². The first kappa shape index (κ1) is 15.3. The van der Waals surface area contributed by atoms with Gasteiger partial charge >= 0.3 is 0 Å². The number of aliphatic hydroxyl groups is 1. The summed E-state index contributed by atoms with van der Waals surface area (Å²) in [5.41, 5.74) is -0.516. The second-order valence-corrected chi connectivity index (χ2v) is 6.98. The van der Waals surface area contributed by atoms with E-state index in [1.807, 2.05) is 0 Å². The van der Waals surface area contributed by atoms with Crippen LogP contribution < -0.4 is 0 Å². The van der Waals surface area contributed by atoms with Gasteiger partial charge in [0.25, 0.3) is 5.92 Å². The van der Waals surface area contributed by atoms with E-state index in [4.69, 9.17) is 16.7 Å². The second-order valence-electron chi connectivity index (χ2n) is 4.10. The number of halogens is 3. The maximum absolute atomic E-state index is 13.2. The molecule has 0 amide bonds. The van der Waals surface area contributed by atoms with E-state index < -0.39 is 33.2 Å². The molecule has 1 rings (SSSR count). The molecule has 1 N–H and O–H groups in total. The highest BCUT2D eigenvalue weighted by Gasteiger charge is 2.32. The zero-order chi connectivity index (χ0) is 14.1. The van der Waals surface area contributed by atoms with Crippen LogP contribution in [0.15, 0.2) is 23.1 Å². The highest BCUT2D eigenvalue weighted by molar-refractivity contribution is 7.92. The van der Waals surface area contributed by atoms with E-state index in [2.05, 4.69) is 0 Å². The lowest BCUT2D eigenvalue weighted by molar-refractivity contribution is -0.0556. The maximum atomic E-state index is 13.2. The molecular weight excluding hydrogens is 286 g/mol. The second kappa shape index (κ2) is 5.11. The Morgan fingerprint density at radius 1 is 1.39 bits per heavy atom. The van der Waals surface area contributed by atoms with Crippen LogP contribution >= 0.6 is 11.6 Å². The first-order chi connectivity index (χ1) is 8.13. The fourth-order valence-corrected chi connectivity index (χ4v) is 2.90. The number of aliphatic hydroxyl groups excluding tert-OH is 1. The normalized spacial score (nSPS) is 13.1. The predicted molar refractivity (Wildman–Crippen MR) is 64.8 cm³/mol. The van der Waals surface area contributed by atoms with Gasteiger partial charge in [-0.25, -0.2) is 8.42 Å². The minimum Gasteiger partial charge on any atom is -0.390 e. The largest absolute Gasteiger partial charge is 0.390 e. The fraction of sp³-hybridized carbons (Fsp3) is 0.455. The average molecular weight is 299 g/mol. The maximum Gasteiger partial charge on any atom is 0.295 e. The van der Waals surface area contributed by atoms with E-state index in [0.29, 0.717) is 0 Å². The molecule has 0 saturated heterocycles. The van der Waals surface area contributed by atoms with Gasteiger partial charge in [-0.1, -0.05) is 17.7 Å². The van der Waals surface area contributed by atoms with Crippen LogP contribution in [-0.2, 0) is 15.8 Å². The molecule has 0 atom stereocenters. The van der Waals surface area contributed by atoms with Crippen LogP contribution in [0.4, 0.5) is 8.78 Å². The van der Waals surface area contributed by atoms with Gasteiger partial charge in [-0.3, -0.25) is 0 Å². The van der Waals surface area contributed by atoms with Crippen molar-refractivity contribution in [3.8, 4) is 0 Å². The number of sulfone groups is 1. The van der Waals surface area contributed by atoms with Gasteiger partial charge in [0.2, 0.25) is 0 Å². The molecule has 3 nitrogen and oxygen atoms in total. The van der Waals surface area contributed by atoms with Crippen LogP contribution in [0.25, 0.3) is 0 Å². The first-order valence-corrected chi connectivity index (χ1v) is 7.08. The predicted octanol–water partition coefficient (Wildman–Crippen LogP) is 2.61. The third-order valence-electron chi connectivity index (χ3n) is 2.48. The van der Waals surface area contributed by atoms with E-state index in [-0.39, 0.29) is 9.92 Å². The van der Waals surface area contributed by atoms with E-state index in [0.717, 1.165) is 18.2 Å². The summed E-state index contributed by atoms with van der Waals surface area (Å²) in [4.78, 5) is -0.184. The third-order valence-corrected chi connectivity index (χ3v) is 5.11. The minimum atomic E-state index is -3.62. The molecule has 0 aliphatic carbocycles. The summed E-state index contributed by atoms with van der Waals surface area (Å²) in [7, 11) is -3.62. The molecule has 0 radical (unpaired) electrons. The van der Waals surface area contributed by atoms with Gasteiger partial charge in [0, 0.05) is 5.56 Å². The molecule has 102 valence electrons. The Kier molecular flexibility index (Phi) is 4.35. The zero-order valence-corrected chi connectivity index (χ0v) is 11.4. The van der Waals surface area contributed by atoms with Crippen molar-refractivity contribution in [3.63, 3.8) is 0 Å². The minimum absolute atomic E-state index is 0.184. The molecule has 0 heterocycles. The van der Waals surface area contributed by atoms with Crippen LogP contribution in [0.5, 0.6) is 0 Å². The number of rotatable bonds is 4. The van der Waals surface area contributed by atoms with E-state index >= 15 is 0 Å². The monoisotopic (exact) mass is 298 g/mol. The molecule has 0 aliphatic heterocycles. The van der Waals surface area contributed by atoms with Gasteiger partial charge in [-0.05, 0) is 26.0 Å². The summed E-state index contributed by atoms with van der Waals surface area (Å²) in [6.45, 7) is 1.59. The molecule has 0 aliphatic rings. The fourth-order valence-electron chi connectivity index (χ4n) is 1.30. The van der Waals surface area contributed by atoms with E-state index in [1.165, 1.54) is 13.8 Å². The lowest BCUT2D eigenvalue weighted by Crippen LogP contribution is -2.19. The van der Waals surface area contributed by atoms with Crippen molar-refractivity contribution in [3.05, 3.63) is 28.8 Å². The summed E-state index contributed by atoms with van der Waals surface area (Å²) in [6.07, 6.45) is 0. The van der Waals surface area contributed by atoms with Crippen molar-refractivity contribution in [1.82, 2.24) is 0 Å². The average Bonchev–Trinajstić information content (AvgIpc) is 2.28. The molecular formula is C11H13ClF2O3S.